The third-order valence-electron chi connectivity index (χ3n) is 6.98. The maximum atomic E-state index is 13.0. The molecule has 0 unspecified atom stereocenters. The molecule has 3 aromatic rings. The molecule has 0 radical (unpaired) electrons. The summed E-state index contributed by atoms with van der Waals surface area (Å²) in [5.41, 5.74) is 2.91. The number of hydrogen-bond donors (Lipinski definition) is 0. The molecular formula is C28H36N4O4S2. The minimum Gasteiger partial charge on any atom is -0.494 e. The lowest BCUT2D eigenvalue weighted by molar-refractivity contribution is 0.0369. The van der Waals surface area contributed by atoms with Crippen molar-refractivity contribution < 1.29 is 17.9 Å². The average Bonchev–Trinajstić information content (AvgIpc) is 3.62. The first-order valence-corrected chi connectivity index (χ1v) is 15.7. The first-order chi connectivity index (χ1) is 18.5. The van der Waals surface area contributed by atoms with Crippen LogP contribution in [0.5, 0.6) is 5.75 Å². The summed E-state index contributed by atoms with van der Waals surface area (Å²) in [6.45, 7) is 9.16. The van der Waals surface area contributed by atoms with Crippen LogP contribution in [0.15, 0.2) is 63.8 Å². The highest BCUT2D eigenvalue weighted by Gasteiger charge is 2.27. The van der Waals surface area contributed by atoms with Crippen molar-refractivity contribution in [3.8, 4) is 17.0 Å². The van der Waals surface area contributed by atoms with Crippen LogP contribution >= 0.6 is 11.3 Å². The summed E-state index contributed by atoms with van der Waals surface area (Å²) in [5.74, 6) is 0.834. The number of sulfonamides is 1. The Hall–Kier alpha value is -2.50. The predicted octanol–water partition coefficient (Wildman–Crippen LogP) is 4.35. The summed E-state index contributed by atoms with van der Waals surface area (Å²) in [7, 11) is -3.43. The van der Waals surface area contributed by atoms with E-state index in [1.165, 1.54) is 0 Å². The minimum absolute atomic E-state index is 0.358. The molecule has 38 heavy (non-hydrogen) atoms. The molecule has 10 heteroatoms. The molecule has 2 aromatic carbocycles. The fraction of sp³-hybridized carbons (Fsp3) is 0.464. The van der Waals surface area contributed by atoms with Gasteiger partial charge in [-0.05, 0) is 68.1 Å². The fourth-order valence-corrected chi connectivity index (χ4v) is 7.38. The third kappa shape index (κ3) is 6.38. The summed E-state index contributed by atoms with van der Waals surface area (Å²) in [6.07, 6.45) is 2.84. The van der Waals surface area contributed by atoms with Gasteiger partial charge in [0.05, 0.1) is 36.1 Å². The smallest absolute Gasteiger partial charge is 0.243 e. The standard InChI is InChI=1S/C28H36N4O4S2/c1-2-36-25-10-8-24(9-11-25)29-28-32(17-5-14-30-18-20-35-21-19-30)27(22-37-28)23-6-12-26(13-7-23)38(33,34)31-15-3-4-16-31/h6-13,22H,2-5,14-21H2,1H3. The lowest BCUT2D eigenvalue weighted by Gasteiger charge is -2.26. The molecule has 0 spiro atoms. The van der Waals surface area contributed by atoms with E-state index in [9.17, 15) is 8.42 Å². The second kappa shape index (κ2) is 12.6. The van der Waals surface area contributed by atoms with Gasteiger partial charge in [-0.3, -0.25) is 4.90 Å². The van der Waals surface area contributed by atoms with Crippen LogP contribution in [0.25, 0.3) is 11.3 Å². The topological polar surface area (TPSA) is 76.4 Å². The zero-order valence-corrected chi connectivity index (χ0v) is 23.6. The number of nitrogens with zero attached hydrogens (tertiary/aromatic N) is 4. The normalized spacial score (nSPS) is 17.8. The second-order valence-corrected chi connectivity index (χ2v) is 12.3. The highest BCUT2D eigenvalue weighted by molar-refractivity contribution is 7.89. The van der Waals surface area contributed by atoms with E-state index in [4.69, 9.17) is 14.5 Å². The summed E-state index contributed by atoms with van der Waals surface area (Å²) < 4.78 is 40.9. The Bertz CT molecular complexity index is 1350. The van der Waals surface area contributed by atoms with Crippen molar-refractivity contribution in [2.45, 2.75) is 37.6 Å². The largest absolute Gasteiger partial charge is 0.494 e. The molecule has 0 saturated carbocycles. The Morgan fingerprint density at radius 1 is 0.947 bits per heavy atom. The van der Waals surface area contributed by atoms with Gasteiger partial charge in [-0.15, -0.1) is 11.3 Å². The molecule has 0 N–H and O–H groups in total. The van der Waals surface area contributed by atoms with E-state index < -0.39 is 10.0 Å². The van der Waals surface area contributed by atoms with Gasteiger partial charge in [-0.1, -0.05) is 12.1 Å². The predicted molar refractivity (Wildman–Crippen MR) is 150 cm³/mol. The second-order valence-electron chi connectivity index (χ2n) is 9.54. The number of morpholine rings is 1. The SMILES string of the molecule is CCOc1ccc(N=c2scc(-c3ccc(S(=O)(=O)N4CCCC4)cc3)n2CCCN2CCOCC2)cc1. The van der Waals surface area contributed by atoms with Gasteiger partial charge in [-0.2, -0.15) is 4.31 Å². The maximum Gasteiger partial charge on any atom is 0.243 e. The van der Waals surface area contributed by atoms with Gasteiger partial charge in [0.15, 0.2) is 4.80 Å². The molecule has 8 nitrogen and oxygen atoms in total. The summed E-state index contributed by atoms with van der Waals surface area (Å²) in [4.78, 5) is 8.67. The van der Waals surface area contributed by atoms with Crippen molar-refractivity contribution in [2.24, 2.45) is 4.99 Å². The number of ether oxygens (including phenoxy) is 2. The van der Waals surface area contributed by atoms with Crippen LogP contribution in [0.2, 0.25) is 0 Å². The Labute approximate surface area is 229 Å². The Morgan fingerprint density at radius 3 is 2.34 bits per heavy atom. The molecule has 3 heterocycles. The molecule has 204 valence electrons. The van der Waals surface area contributed by atoms with Gasteiger partial charge in [-0.25, -0.2) is 13.4 Å². The minimum atomic E-state index is -3.43. The molecule has 2 fully saturated rings. The molecule has 0 atom stereocenters. The molecule has 0 bridgehead atoms. The monoisotopic (exact) mass is 556 g/mol. The first kappa shape index (κ1) is 27.1. The highest BCUT2D eigenvalue weighted by Crippen LogP contribution is 2.26. The quantitative estimate of drug-likeness (QED) is 0.371. The Balaban J connectivity index is 1.42. The molecule has 5 rings (SSSR count). The molecule has 1 aromatic heterocycles. The number of benzene rings is 2. The van der Waals surface area contributed by atoms with Gasteiger partial charge in [0.2, 0.25) is 10.0 Å². The van der Waals surface area contributed by atoms with Crippen molar-refractivity contribution in [3.05, 3.63) is 58.7 Å². The van der Waals surface area contributed by atoms with Crippen molar-refractivity contribution in [1.29, 1.82) is 0 Å². The van der Waals surface area contributed by atoms with E-state index in [-0.39, 0.29) is 0 Å². The van der Waals surface area contributed by atoms with Gasteiger partial charge >= 0.3 is 0 Å². The fourth-order valence-electron chi connectivity index (χ4n) is 4.91. The number of thiazole rings is 1. The van der Waals surface area contributed by atoms with Crippen LogP contribution < -0.4 is 9.54 Å². The van der Waals surface area contributed by atoms with Crippen molar-refractivity contribution in [1.82, 2.24) is 13.8 Å². The summed E-state index contributed by atoms with van der Waals surface area (Å²) >= 11 is 1.60. The zero-order chi connectivity index (χ0) is 26.4. The lowest BCUT2D eigenvalue weighted by atomic mass is 10.2. The van der Waals surface area contributed by atoms with Crippen LogP contribution in [0, 0.1) is 0 Å². The van der Waals surface area contributed by atoms with Gasteiger partial charge in [0, 0.05) is 44.6 Å². The van der Waals surface area contributed by atoms with Crippen LogP contribution in [-0.4, -0.2) is 74.7 Å². The first-order valence-electron chi connectivity index (χ1n) is 13.4. The zero-order valence-electron chi connectivity index (χ0n) is 21.9. The van der Waals surface area contributed by atoms with Crippen LogP contribution in [0.1, 0.15) is 26.2 Å². The molecule has 2 saturated heterocycles. The van der Waals surface area contributed by atoms with Crippen molar-refractivity contribution >= 4 is 27.0 Å². The summed E-state index contributed by atoms with van der Waals surface area (Å²) in [5, 5.41) is 2.12. The van der Waals surface area contributed by atoms with E-state index in [2.05, 4.69) is 14.8 Å². The van der Waals surface area contributed by atoms with E-state index >= 15 is 0 Å². The average molecular weight is 557 g/mol. The third-order valence-corrected chi connectivity index (χ3v) is 9.76. The van der Waals surface area contributed by atoms with E-state index in [0.717, 1.165) is 86.2 Å². The van der Waals surface area contributed by atoms with E-state index in [1.54, 1.807) is 27.8 Å². The van der Waals surface area contributed by atoms with Crippen LogP contribution in [-0.2, 0) is 21.3 Å². The number of hydrogen-bond acceptors (Lipinski definition) is 7. The number of aromatic nitrogens is 1. The highest BCUT2D eigenvalue weighted by atomic mass is 32.2. The molecule has 0 aliphatic carbocycles. The van der Waals surface area contributed by atoms with Crippen molar-refractivity contribution in [2.75, 3.05) is 52.5 Å². The van der Waals surface area contributed by atoms with Gasteiger partial charge < -0.3 is 14.0 Å². The van der Waals surface area contributed by atoms with E-state index in [1.807, 2.05) is 43.3 Å². The van der Waals surface area contributed by atoms with E-state index in [0.29, 0.717) is 24.6 Å². The van der Waals surface area contributed by atoms with Crippen LogP contribution in [0.4, 0.5) is 5.69 Å². The Kier molecular flexibility index (Phi) is 8.96. The van der Waals surface area contributed by atoms with Crippen LogP contribution in [0.3, 0.4) is 0 Å². The Morgan fingerprint density at radius 2 is 1.66 bits per heavy atom. The lowest BCUT2D eigenvalue weighted by Crippen LogP contribution is -2.37. The molecule has 0 amide bonds. The maximum absolute atomic E-state index is 13.0. The van der Waals surface area contributed by atoms with Crippen molar-refractivity contribution in [3.63, 3.8) is 0 Å². The molecule has 2 aliphatic rings. The molecule has 2 aliphatic heterocycles. The van der Waals surface area contributed by atoms with Gasteiger partial charge in [0.25, 0.3) is 0 Å². The molecular weight excluding hydrogens is 520 g/mol. The summed E-state index contributed by atoms with van der Waals surface area (Å²) in [6, 6.07) is 15.2. The van der Waals surface area contributed by atoms with Gasteiger partial charge in [0.1, 0.15) is 5.75 Å². The number of rotatable bonds is 10.